The summed E-state index contributed by atoms with van der Waals surface area (Å²) in [5, 5.41) is 6.06. The van der Waals surface area contributed by atoms with Crippen molar-refractivity contribution in [2.75, 3.05) is 13.1 Å². The zero-order chi connectivity index (χ0) is 17.1. The van der Waals surface area contributed by atoms with Gasteiger partial charge in [0, 0.05) is 31.6 Å². The molecule has 1 heterocycles. The van der Waals surface area contributed by atoms with Gasteiger partial charge in [-0.3, -0.25) is 0 Å². The van der Waals surface area contributed by atoms with Crippen LogP contribution in [-0.2, 0) is 17.7 Å². The number of alkyl carbamates (subject to hydrolysis) is 1. The molecule has 1 aliphatic rings. The van der Waals surface area contributed by atoms with Crippen LogP contribution in [0.25, 0.3) is 0 Å². The Morgan fingerprint density at radius 2 is 2.04 bits per heavy atom. The lowest BCUT2D eigenvalue weighted by molar-refractivity contribution is 0.0528. The molecule has 5 nitrogen and oxygen atoms in total. The van der Waals surface area contributed by atoms with Gasteiger partial charge in [-0.2, -0.15) is 0 Å². The number of fused-ring (bicyclic) bond motifs is 1. The maximum atomic E-state index is 11.5. The third kappa shape index (κ3) is 5.43. The lowest BCUT2D eigenvalue weighted by Crippen LogP contribution is -2.36. The summed E-state index contributed by atoms with van der Waals surface area (Å²) < 4.78 is 11.2. The first-order chi connectivity index (χ1) is 10.7. The van der Waals surface area contributed by atoms with Gasteiger partial charge < -0.3 is 20.1 Å². The summed E-state index contributed by atoms with van der Waals surface area (Å²) in [4.78, 5) is 11.5. The van der Waals surface area contributed by atoms with Crippen LogP contribution in [-0.4, -0.2) is 30.4 Å². The molecule has 0 aliphatic carbocycles. The van der Waals surface area contributed by atoms with Crippen molar-refractivity contribution < 1.29 is 14.3 Å². The predicted octanol–water partition coefficient (Wildman–Crippen LogP) is 3.01. The minimum atomic E-state index is -0.466. The molecule has 5 heteroatoms. The Hall–Kier alpha value is -1.75. The van der Waals surface area contributed by atoms with Gasteiger partial charge in [0.15, 0.2) is 0 Å². The topological polar surface area (TPSA) is 59.6 Å². The highest BCUT2D eigenvalue weighted by atomic mass is 16.6. The van der Waals surface area contributed by atoms with Crippen LogP contribution >= 0.6 is 0 Å². The number of nitrogens with one attached hydrogen (secondary N) is 2. The third-order valence-corrected chi connectivity index (χ3v) is 3.46. The van der Waals surface area contributed by atoms with Crippen LogP contribution < -0.4 is 15.4 Å². The van der Waals surface area contributed by atoms with Crippen molar-refractivity contribution in [2.45, 2.75) is 58.8 Å². The Kier molecular flexibility index (Phi) is 5.19. The molecule has 1 aliphatic heterocycles. The van der Waals surface area contributed by atoms with Gasteiger partial charge in [-0.25, -0.2) is 4.79 Å². The van der Waals surface area contributed by atoms with E-state index in [0.717, 1.165) is 24.3 Å². The molecule has 1 amide bonds. The van der Waals surface area contributed by atoms with Gasteiger partial charge >= 0.3 is 6.09 Å². The van der Waals surface area contributed by atoms with E-state index in [0.29, 0.717) is 13.1 Å². The first-order valence-electron chi connectivity index (χ1n) is 8.14. The average molecular weight is 320 g/mol. The van der Waals surface area contributed by atoms with Crippen LogP contribution in [0.4, 0.5) is 4.79 Å². The monoisotopic (exact) mass is 320 g/mol. The predicted molar refractivity (Wildman–Crippen MR) is 90.8 cm³/mol. The Bertz CT molecular complexity index is 562. The number of para-hydroxylation sites is 1. The van der Waals surface area contributed by atoms with E-state index >= 15 is 0 Å². The lowest BCUT2D eigenvalue weighted by atomic mass is 10.0. The average Bonchev–Trinajstić information content (AvgIpc) is 2.71. The van der Waals surface area contributed by atoms with E-state index in [1.54, 1.807) is 0 Å². The molecule has 2 N–H and O–H groups in total. The van der Waals surface area contributed by atoms with Crippen molar-refractivity contribution >= 4 is 6.09 Å². The summed E-state index contributed by atoms with van der Waals surface area (Å²) in [6.45, 7) is 11.7. The molecule has 0 fully saturated rings. The molecule has 0 aromatic heterocycles. The number of carbonyl (C=O) groups is 1. The maximum Gasteiger partial charge on any atom is 0.407 e. The smallest absolute Gasteiger partial charge is 0.407 e. The number of rotatable bonds is 5. The van der Waals surface area contributed by atoms with Crippen molar-refractivity contribution in [2.24, 2.45) is 0 Å². The van der Waals surface area contributed by atoms with Crippen LogP contribution in [0.5, 0.6) is 5.75 Å². The molecule has 1 aromatic carbocycles. The number of carbonyl (C=O) groups excluding carboxylic acids is 1. The van der Waals surface area contributed by atoms with Crippen LogP contribution in [0, 0.1) is 0 Å². The molecule has 0 saturated carbocycles. The lowest BCUT2D eigenvalue weighted by Gasteiger charge is -2.20. The second-order valence-electron chi connectivity index (χ2n) is 7.55. The fourth-order valence-corrected chi connectivity index (χ4v) is 2.61. The van der Waals surface area contributed by atoms with Crippen molar-refractivity contribution in [1.29, 1.82) is 0 Å². The van der Waals surface area contributed by atoms with E-state index in [9.17, 15) is 4.79 Å². The SMILES string of the molecule is CC(C)(C)OC(=O)NCCNCc1cccc2c1OC(C)(C)C2. The molecular formula is C18H28N2O3. The van der Waals surface area contributed by atoms with Gasteiger partial charge in [-0.1, -0.05) is 18.2 Å². The van der Waals surface area contributed by atoms with Crippen LogP contribution in [0.15, 0.2) is 18.2 Å². The molecule has 0 saturated heterocycles. The van der Waals surface area contributed by atoms with Gasteiger partial charge in [0.05, 0.1) is 0 Å². The summed E-state index contributed by atoms with van der Waals surface area (Å²) in [6, 6.07) is 6.27. The highest BCUT2D eigenvalue weighted by molar-refractivity contribution is 5.67. The van der Waals surface area contributed by atoms with E-state index in [1.807, 2.05) is 20.8 Å². The minimum absolute atomic E-state index is 0.128. The summed E-state index contributed by atoms with van der Waals surface area (Å²) in [5.74, 6) is 1.00. The molecule has 128 valence electrons. The molecule has 23 heavy (non-hydrogen) atoms. The highest BCUT2D eigenvalue weighted by Crippen LogP contribution is 2.37. The third-order valence-electron chi connectivity index (χ3n) is 3.46. The standard InChI is InChI=1S/C18H28N2O3/c1-17(2,3)23-16(21)20-10-9-19-12-14-8-6-7-13-11-18(4,5)22-15(13)14/h6-8,19H,9-12H2,1-5H3,(H,20,21). The fourth-order valence-electron chi connectivity index (χ4n) is 2.61. The Balaban J connectivity index is 1.74. The molecule has 0 unspecified atom stereocenters. The molecule has 1 aromatic rings. The van der Waals surface area contributed by atoms with Gasteiger partial charge in [-0.15, -0.1) is 0 Å². The molecule has 2 rings (SSSR count). The van der Waals surface area contributed by atoms with Crippen molar-refractivity contribution in [3.63, 3.8) is 0 Å². The number of benzene rings is 1. The van der Waals surface area contributed by atoms with Crippen molar-refractivity contribution in [1.82, 2.24) is 10.6 Å². The first kappa shape index (κ1) is 17.6. The summed E-state index contributed by atoms with van der Waals surface area (Å²) in [5.41, 5.74) is 1.83. The largest absolute Gasteiger partial charge is 0.487 e. The highest BCUT2D eigenvalue weighted by Gasteiger charge is 2.31. The second kappa shape index (κ2) is 6.79. The number of hydrogen-bond acceptors (Lipinski definition) is 4. The summed E-state index contributed by atoms with van der Waals surface area (Å²) in [7, 11) is 0. The van der Waals surface area contributed by atoms with Crippen LogP contribution in [0.3, 0.4) is 0 Å². The molecule has 0 spiro atoms. The van der Waals surface area contributed by atoms with Gasteiger partial charge in [0.1, 0.15) is 17.0 Å². The zero-order valence-corrected chi connectivity index (χ0v) is 14.8. The van der Waals surface area contributed by atoms with Gasteiger partial charge in [0.25, 0.3) is 0 Å². The maximum absolute atomic E-state index is 11.5. The summed E-state index contributed by atoms with van der Waals surface area (Å²) >= 11 is 0. The Morgan fingerprint density at radius 3 is 2.74 bits per heavy atom. The van der Waals surface area contributed by atoms with Crippen LogP contribution in [0.1, 0.15) is 45.7 Å². The van der Waals surface area contributed by atoms with E-state index in [1.165, 1.54) is 5.56 Å². The summed E-state index contributed by atoms with van der Waals surface area (Å²) in [6.07, 6.45) is 0.557. The quantitative estimate of drug-likeness (QED) is 0.819. The van der Waals surface area contributed by atoms with Gasteiger partial charge in [0.2, 0.25) is 0 Å². The van der Waals surface area contributed by atoms with E-state index in [2.05, 4.69) is 42.7 Å². The van der Waals surface area contributed by atoms with Crippen molar-refractivity contribution in [3.8, 4) is 5.75 Å². The van der Waals surface area contributed by atoms with E-state index in [4.69, 9.17) is 9.47 Å². The molecule has 0 bridgehead atoms. The van der Waals surface area contributed by atoms with Gasteiger partial charge in [-0.05, 0) is 40.2 Å². The number of ether oxygens (including phenoxy) is 2. The fraction of sp³-hybridized carbons (Fsp3) is 0.611. The Morgan fingerprint density at radius 1 is 1.30 bits per heavy atom. The van der Waals surface area contributed by atoms with Crippen LogP contribution in [0.2, 0.25) is 0 Å². The molecular weight excluding hydrogens is 292 g/mol. The van der Waals surface area contributed by atoms with E-state index < -0.39 is 5.60 Å². The second-order valence-corrected chi connectivity index (χ2v) is 7.55. The molecule has 0 atom stereocenters. The Labute approximate surface area is 138 Å². The van der Waals surface area contributed by atoms with Crippen molar-refractivity contribution in [3.05, 3.63) is 29.3 Å². The number of hydrogen-bond donors (Lipinski definition) is 2. The molecule has 0 radical (unpaired) electrons. The minimum Gasteiger partial charge on any atom is -0.487 e. The number of amides is 1. The zero-order valence-electron chi connectivity index (χ0n) is 14.8. The van der Waals surface area contributed by atoms with E-state index in [-0.39, 0.29) is 11.7 Å². The normalized spacial score (nSPS) is 15.7. The first-order valence-corrected chi connectivity index (χ1v) is 8.14.